The molecule has 114 valence electrons. The van der Waals surface area contributed by atoms with Crippen molar-refractivity contribution >= 4 is 11.9 Å². The molecule has 0 aromatic rings. The number of carboxylic acids is 1. The smallest absolute Gasteiger partial charge is 0.320 e. The summed E-state index contributed by atoms with van der Waals surface area (Å²) in [5.74, 6) is -0.609. The molecule has 0 aliphatic carbocycles. The molecule has 0 aromatic heterocycles. The fourth-order valence-corrected chi connectivity index (χ4v) is 3.36. The largest absolute Gasteiger partial charge is 0.480 e. The maximum atomic E-state index is 11.5. The minimum absolute atomic E-state index is 0.0792. The van der Waals surface area contributed by atoms with Crippen LogP contribution in [0.3, 0.4) is 0 Å². The molecule has 0 radical (unpaired) electrons. The Labute approximate surface area is 120 Å². The number of rotatable bonds is 5. The second-order valence-electron chi connectivity index (χ2n) is 5.69. The summed E-state index contributed by atoms with van der Waals surface area (Å²) in [6.45, 7) is 5.71. The third kappa shape index (κ3) is 3.70. The number of hydrogen-bond donors (Lipinski definition) is 2. The number of likely N-dealkylation sites (tertiary alicyclic amines) is 2. The molecule has 20 heavy (non-hydrogen) atoms. The van der Waals surface area contributed by atoms with Crippen LogP contribution in [0.4, 0.5) is 0 Å². The molecular weight excluding hydrogens is 258 g/mol. The van der Waals surface area contributed by atoms with Gasteiger partial charge < -0.3 is 10.4 Å². The number of piperidine rings is 1. The van der Waals surface area contributed by atoms with E-state index in [9.17, 15) is 14.7 Å². The monoisotopic (exact) mass is 283 g/mol. The van der Waals surface area contributed by atoms with Gasteiger partial charge in [-0.2, -0.15) is 0 Å². The highest BCUT2D eigenvalue weighted by atomic mass is 16.4. The van der Waals surface area contributed by atoms with E-state index in [1.807, 2.05) is 6.92 Å². The first-order chi connectivity index (χ1) is 9.61. The van der Waals surface area contributed by atoms with Crippen LogP contribution in [0.5, 0.6) is 0 Å². The Hall–Kier alpha value is -1.14. The molecule has 1 amide bonds. The third-order valence-electron chi connectivity index (χ3n) is 4.35. The minimum Gasteiger partial charge on any atom is -0.480 e. The molecule has 0 spiro atoms. The number of carbonyl (C=O) groups excluding carboxylic acids is 1. The Balaban J connectivity index is 1.79. The van der Waals surface area contributed by atoms with Crippen molar-refractivity contribution in [2.24, 2.45) is 0 Å². The Morgan fingerprint density at radius 2 is 1.90 bits per heavy atom. The van der Waals surface area contributed by atoms with Gasteiger partial charge in [0.2, 0.25) is 5.91 Å². The summed E-state index contributed by atoms with van der Waals surface area (Å²) < 4.78 is 0. The summed E-state index contributed by atoms with van der Waals surface area (Å²) in [6, 6.07) is 0.0685. The molecule has 6 nitrogen and oxygen atoms in total. The summed E-state index contributed by atoms with van der Waals surface area (Å²) in [7, 11) is 0. The number of amides is 1. The van der Waals surface area contributed by atoms with Crippen LogP contribution in [0.2, 0.25) is 0 Å². The van der Waals surface area contributed by atoms with Gasteiger partial charge in [0.25, 0.3) is 0 Å². The average molecular weight is 283 g/mol. The molecule has 0 aromatic carbocycles. The van der Waals surface area contributed by atoms with Crippen molar-refractivity contribution in [3.05, 3.63) is 0 Å². The lowest BCUT2D eigenvalue weighted by Crippen LogP contribution is -2.50. The van der Waals surface area contributed by atoms with Gasteiger partial charge >= 0.3 is 5.97 Å². The van der Waals surface area contributed by atoms with E-state index in [0.29, 0.717) is 19.1 Å². The number of nitrogens with zero attached hydrogens (tertiary/aromatic N) is 2. The van der Waals surface area contributed by atoms with Crippen molar-refractivity contribution in [1.29, 1.82) is 0 Å². The van der Waals surface area contributed by atoms with Gasteiger partial charge in [0.05, 0.1) is 6.54 Å². The Bertz CT molecular complexity index is 354. The van der Waals surface area contributed by atoms with Crippen LogP contribution in [-0.2, 0) is 9.59 Å². The number of carbonyl (C=O) groups is 2. The van der Waals surface area contributed by atoms with E-state index < -0.39 is 5.97 Å². The summed E-state index contributed by atoms with van der Waals surface area (Å²) in [5, 5.41) is 12.1. The van der Waals surface area contributed by atoms with Crippen molar-refractivity contribution in [2.75, 3.05) is 32.7 Å². The number of aliphatic carboxylic acids is 1. The zero-order valence-corrected chi connectivity index (χ0v) is 12.2. The van der Waals surface area contributed by atoms with Crippen LogP contribution in [0, 0.1) is 0 Å². The van der Waals surface area contributed by atoms with Gasteiger partial charge in [-0.05, 0) is 39.2 Å². The quantitative estimate of drug-likeness (QED) is 0.750. The van der Waals surface area contributed by atoms with E-state index in [-0.39, 0.29) is 11.9 Å². The SMILES string of the molecule is CCNC(=O)CN1CCC(N2CCCC2C(=O)O)CC1. The second kappa shape index (κ2) is 7.04. The second-order valence-corrected chi connectivity index (χ2v) is 5.69. The van der Waals surface area contributed by atoms with E-state index in [4.69, 9.17) is 0 Å². The van der Waals surface area contributed by atoms with Crippen LogP contribution >= 0.6 is 0 Å². The molecule has 1 unspecified atom stereocenters. The van der Waals surface area contributed by atoms with Gasteiger partial charge in [-0.15, -0.1) is 0 Å². The zero-order valence-electron chi connectivity index (χ0n) is 12.2. The topological polar surface area (TPSA) is 72.9 Å². The molecule has 1 atom stereocenters. The van der Waals surface area contributed by atoms with Gasteiger partial charge in [0.1, 0.15) is 6.04 Å². The number of hydrogen-bond acceptors (Lipinski definition) is 4. The predicted octanol–water partition coefficient (Wildman–Crippen LogP) is 0.136. The zero-order chi connectivity index (χ0) is 14.5. The highest BCUT2D eigenvalue weighted by molar-refractivity contribution is 5.77. The Morgan fingerprint density at radius 3 is 2.50 bits per heavy atom. The van der Waals surface area contributed by atoms with Crippen molar-refractivity contribution in [3.63, 3.8) is 0 Å². The standard InChI is InChI=1S/C14H25N3O3/c1-2-15-13(18)10-16-8-5-11(6-9-16)17-7-3-4-12(17)14(19)20/h11-12H,2-10H2,1H3,(H,15,18)(H,19,20). The summed E-state index contributed by atoms with van der Waals surface area (Å²) in [5.41, 5.74) is 0. The number of carboxylic acid groups (broad SMARTS) is 1. The van der Waals surface area contributed by atoms with Crippen LogP contribution in [-0.4, -0.2) is 71.6 Å². The molecule has 2 saturated heterocycles. The van der Waals surface area contributed by atoms with Gasteiger partial charge in [-0.25, -0.2) is 0 Å². The third-order valence-corrected chi connectivity index (χ3v) is 4.35. The van der Waals surface area contributed by atoms with Gasteiger partial charge in [-0.3, -0.25) is 19.4 Å². The lowest BCUT2D eigenvalue weighted by atomic mass is 10.0. The summed E-state index contributed by atoms with van der Waals surface area (Å²) >= 11 is 0. The minimum atomic E-state index is -0.688. The van der Waals surface area contributed by atoms with Crippen molar-refractivity contribution in [3.8, 4) is 0 Å². The van der Waals surface area contributed by atoms with E-state index in [2.05, 4.69) is 15.1 Å². The number of nitrogens with one attached hydrogen (secondary N) is 1. The van der Waals surface area contributed by atoms with Gasteiger partial charge in [0, 0.05) is 25.7 Å². The van der Waals surface area contributed by atoms with E-state index in [1.165, 1.54) is 0 Å². The molecule has 0 bridgehead atoms. The molecular formula is C14H25N3O3. The van der Waals surface area contributed by atoms with Crippen LogP contribution in [0.1, 0.15) is 32.6 Å². The Kier molecular flexibility index (Phi) is 5.37. The maximum absolute atomic E-state index is 11.5. The van der Waals surface area contributed by atoms with Crippen molar-refractivity contribution < 1.29 is 14.7 Å². The molecule has 0 saturated carbocycles. The molecule has 6 heteroatoms. The average Bonchev–Trinajstić information content (AvgIpc) is 2.89. The molecule has 2 aliphatic rings. The Morgan fingerprint density at radius 1 is 1.20 bits per heavy atom. The van der Waals surface area contributed by atoms with Crippen molar-refractivity contribution in [2.45, 2.75) is 44.7 Å². The van der Waals surface area contributed by atoms with Gasteiger partial charge in [0.15, 0.2) is 0 Å². The first-order valence-corrected chi connectivity index (χ1v) is 7.59. The summed E-state index contributed by atoms with van der Waals surface area (Å²) in [6.07, 6.45) is 3.68. The fourth-order valence-electron chi connectivity index (χ4n) is 3.36. The van der Waals surface area contributed by atoms with E-state index in [0.717, 1.165) is 45.3 Å². The molecule has 2 N–H and O–H groups in total. The highest BCUT2D eigenvalue weighted by Crippen LogP contribution is 2.26. The van der Waals surface area contributed by atoms with Crippen LogP contribution < -0.4 is 5.32 Å². The molecule has 2 rings (SSSR count). The fraction of sp³-hybridized carbons (Fsp3) is 0.857. The van der Waals surface area contributed by atoms with E-state index >= 15 is 0 Å². The predicted molar refractivity (Wildman–Crippen MR) is 75.5 cm³/mol. The van der Waals surface area contributed by atoms with Crippen LogP contribution in [0.15, 0.2) is 0 Å². The maximum Gasteiger partial charge on any atom is 0.320 e. The van der Waals surface area contributed by atoms with E-state index in [1.54, 1.807) is 0 Å². The molecule has 2 aliphatic heterocycles. The summed E-state index contributed by atoms with van der Waals surface area (Å²) in [4.78, 5) is 27.1. The molecule has 2 fully saturated rings. The lowest BCUT2D eigenvalue weighted by Gasteiger charge is -2.38. The first kappa shape index (κ1) is 15.3. The lowest BCUT2D eigenvalue weighted by molar-refractivity contribution is -0.143. The molecule has 2 heterocycles. The highest BCUT2D eigenvalue weighted by Gasteiger charge is 2.36. The van der Waals surface area contributed by atoms with Gasteiger partial charge in [-0.1, -0.05) is 0 Å². The normalized spacial score (nSPS) is 25.8. The number of likely N-dealkylation sites (N-methyl/N-ethyl adjacent to an activating group) is 1. The van der Waals surface area contributed by atoms with Crippen LogP contribution in [0.25, 0.3) is 0 Å². The first-order valence-electron chi connectivity index (χ1n) is 7.59. The van der Waals surface area contributed by atoms with Crippen molar-refractivity contribution in [1.82, 2.24) is 15.1 Å².